The van der Waals surface area contributed by atoms with E-state index in [1.807, 2.05) is 13.8 Å². The number of thiazole rings is 1. The Hall–Kier alpha value is -2.04. The molecule has 1 saturated heterocycles. The number of anilines is 1. The highest BCUT2D eigenvalue weighted by molar-refractivity contribution is 7.89. The first-order valence-corrected chi connectivity index (χ1v) is 10.5. The van der Waals surface area contributed by atoms with Gasteiger partial charge in [-0.05, 0) is 32.8 Å². The summed E-state index contributed by atoms with van der Waals surface area (Å²) in [5, 5.41) is 15.1. The van der Waals surface area contributed by atoms with Crippen LogP contribution in [0.25, 0.3) is 0 Å². The van der Waals surface area contributed by atoms with Crippen LogP contribution in [0, 0.1) is 17.0 Å². The summed E-state index contributed by atoms with van der Waals surface area (Å²) in [6.07, 6.45) is 3.35. The first-order chi connectivity index (χ1) is 12.3. The summed E-state index contributed by atoms with van der Waals surface area (Å²) in [7, 11) is -3.80. The fourth-order valence-corrected chi connectivity index (χ4v) is 5.36. The van der Waals surface area contributed by atoms with Crippen molar-refractivity contribution in [3.8, 4) is 0 Å². The van der Waals surface area contributed by atoms with E-state index in [1.54, 1.807) is 6.20 Å². The predicted octanol–water partition coefficient (Wildman–Crippen LogP) is 3.32. The number of nitro benzene ring substituents is 1. The molecule has 1 N–H and O–H groups in total. The number of benzene rings is 1. The third-order valence-electron chi connectivity index (χ3n) is 4.24. The van der Waals surface area contributed by atoms with Crippen LogP contribution in [-0.2, 0) is 10.0 Å². The summed E-state index contributed by atoms with van der Waals surface area (Å²) < 4.78 is 27.4. The number of rotatable bonds is 6. The van der Waals surface area contributed by atoms with Crippen LogP contribution in [0.4, 0.5) is 11.4 Å². The Morgan fingerprint density at radius 1 is 1.35 bits per heavy atom. The van der Waals surface area contributed by atoms with Crippen molar-refractivity contribution in [2.75, 3.05) is 18.4 Å². The van der Waals surface area contributed by atoms with E-state index in [9.17, 15) is 18.5 Å². The largest absolute Gasteiger partial charge is 0.375 e. The van der Waals surface area contributed by atoms with Crippen LogP contribution < -0.4 is 5.32 Å². The molecular weight excluding hydrogens is 376 g/mol. The fraction of sp³-hybridized carbons (Fsp3) is 0.438. The second-order valence-electron chi connectivity index (χ2n) is 6.22. The summed E-state index contributed by atoms with van der Waals surface area (Å²) in [6, 6.07) is 3.68. The average molecular weight is 396 g/mol. The lowest BCUT2D eigenvalue weighted by Crippen LogP contribution is -2.28. The van der Waals surface area contributed by atoms with Crippen LogP contribution in [0.15, 0.2) is 29.3 Å². The lowest BCUT2D eigenvalue weighted by molar-refractivity contribution is -0.385. The molecule has 0 amide bonds. The number of nitrogens with one attached hydrogen (secondary N) is 1. The summed E-state index contributed by atoms with van der Waals surface area (Å²) in [5.74, 6) is 0. The molecule has 1 fully saturated rings. The van der Waals surface area contributed by atoms with Crippen LogP contribution in [0.5, 0.6) is 0 Å². The zero-order chi connectivity index (χ0) is 18.9. The molecule has 1 atom stereocenters. The standard InChI is InChI=1S/C16H20N4O4S2/c1-11-10-17-16(25-11)12(2)18-14-6-5-13(20(21)22)9-15(14)26(23,24)19-7-3-4-8-19/h5-6,9-10,12,18H,3-4,7-8H2,1-2H3. The van der Waals surface area contributed by atoms with E-state index in [2.05, 4.69) is 10.3 Å². The van der Waals surface area contributed by atoms with Gasteiger partial charge in [0.25, 0.3) is 5.69 Å². The van der Waals surface area contributed by atoms with Gasteiger partial charge in [0.15, 0.2) is 0 Å². The maximum absolute atomic E-state index is 13.0. The highest BCUT2D eigenvalue weighted by atomic mass is 32.2. The Morgan fingerprint density at radius 3 is 2.62 bits per heavy atom. The molecule has 0 radical (unpaired) electrons. The third kappa shape index (κ3) is 3.71. The molecule has 1 aromatic heterocycles. The van der Waals surface area contributed by atoms with Crippen molar-refractivity contribution in [2.45, 2.75) is 37.6 Å². The van der Waals surface area contributed by atoms with Gasteiger partial charge in [0.05, 0.1) is 16.7 Å². The van der Waals surface area contributed by atoms with E-state index >= 15 is 0 Å². The van der Waals surface area contributed by atoms with Gasteiger partial charge in [-0.2, -0.15) is 4.31 Å². The number of aryl methyl sites for hydroxylation is 1. The fourth-order valence-electron chi connectivity index (χ4n) is 2.89. The topological polar surface area (TPSA) is 105 Å². The smallest absolute Gasteiger partial charge is 0.270 e. The molecule has 3 rings (SSSR count). The van der Waals surface area contributed by atoms with Crippen LogP contribution in [0.1, 0.15) is 35.7 Å². The van der Waals surface area contributed by atoms with E-state index in [4.69, 9.17) is 0 Å². The molecule has 1 aromatic carbocycles. The molecule has 2 heterocycles. The average Bonchev–Trinajstić information content (AvgIpc) is 3.26. The van der Waals surface area contributed by atoms with Gasteiger partial charge in [-0.25, -0.2) is 13.4 Å². The Bertz CT molecular complexity index is 920. The molecule has 10 heteroatoms. The molecule has 0 saturated carbocycles. The number of hydrogen-bond donors (Lipinski definition) is 1. The van der Waals surface area contributed by atoms with Crippen LogP contribution in [0.2, 0.25) is 0 Å². The molecule has 1 unspecified atom stereocenters. The normalized spacial score (nSPS) is 16.5. The minimum atomic E-state index is -3.80. The summed E-state index contributed by atoms with van der Waals surface area (Å²) in [5.41, 5.74) is 0.105. The maximum atomic E-state index is 13.0. The molecule has 1 aliphatic rings. The number of nitro groups is 1. The third-order valence-corrected chi connectivity index (χ3v) is 7.27. The number of hydrogen-bond acceptors (Lipinski definition) is 7. The van der Waals surface area contributed by atoms with Crippen molar-refractivity contribution in [3.05, 3.63) is 44.4 Å². The predicted molar refractivity (Wildman–Crippen MR) is 100.0 cm³/mol. The Labute approximate surface area is 156 Å². The van der Waals surface area contributed by atoms with Gasteiger partial charge >= 0.3 is 0 Å². The summed E-state index contributed by atoms with van der Waals surface area (Å²) in [6.45, 7) is 4.70. The molecule has 0 aliphatic carbocycles. The van der Waals surface area contributed by atoms with Crippen molar-refractivity contribution in [1.29, 1.82) is 0 Å². The SMILES string of the molecule is Cc1cnc(C(C)Nc2ccc([N+](=O)[O-])cc2S(=O)(=O)N2CCCC2)s1. The summed E-state index contributed by atoms with van der Waals surface area (Å²) in [4.78, 5) is 15.9. The van der Waals surface area contributed by atoms with Gasteiger partial charge in [-0.15, -0.1) is 11.3 Å². The van der Waals surface area contributed by atoms with E-state index in [0.29, 0.717) is 18.8 Å². The lowest BCUT2D eigenvalue weighted by atomic mass is 10.2. The van der Waals surface area contributed by atoms with Crippen molar-refractivity contribution in [2.24, 2.45) is 0 Å². The van der Waals surface area contributed by atoms with E-state index < -0.39 is 14.9 Å². The number of nitrogens with zero attached hydrogens (tertiary/aromatic N) is 3. The van der Waals surface area contributed by atoms with Crippen molar-refractivity contribution < 1.29 is 13.3 Å². The van der Waals surface area contributed by atoms with Gasteiger partial charge in [-0.3, -0.25) is 10.1 Å². The van der Waals surface area contributed by atoms with E-state index in [0.717, 1.165) is 28.8 Å². The van der Waals surface area contributed by atoms with E-state index in [-0.39, 0.29) is 16.6 Å². The maximum Gasteiger partial charge on any atom is 0.270 e. The monoisotopic (exact) mass is 396 g/mol. The lowest BCUT2D eigenvalue weighted by Gasteiger charge is -2.20. The number of sulfonamides is 1. The first kappa shape index (κ1) is 18.7. The van der Waals surface area contributed by atoms with Gasteiger partial charge in [0.1, 0.15) is 9.90 Å². The van der Waals surface area contributed by atoms with Crippen LogP contribution >= 0.6 is 11.3 Å². The van der Waals surface area contributed by atoms with Crippen LogP contribution in [-0.4, -0.2) is 35.7 Å². The summed E-state index contributed by atoms with van der Waals surface area (Å²) >= 11 is 1.52. The number of aromatic nitrogens is 1. The highest BCUT2D eigenvalue weighted by Gasteiger charge is 2.31. The Morgan fingerprint density at radius 2 is 2.04 bits per heavy atom. The molecule has 8 nitrogen and oxygen atoms in total. The molecule has 1 aliphatic heterocycles. The van der Waals surface area contributed by atoms with Crippen molar-refractivity contribution in [1.82, 2.24) is 9.29 Å². The molecule has 140 valence electrons. The second-order valence-corrected chi connectivity index (χ2v) is 9.40. The Kier molecular flexibility index (Phi) is 5.26. The minimum absolute atomic E-state index is 0.0614. The van der Waals surface area contributed by atoms with Crippen molar-refractivity contribution in [3.63, 3.8) is 0 Å². The number of non-ortho nitro benzene ring substituents is 1. The zero-order valence-electron chi connectivity index (χ0n) is 14.5. The molecular formula is C16H20N4O4S2. The van der Waals surface area contributed by atoms with E-state index in [1.165, 1.54) is 27.8 Å². The molecule has 0 spiro atoms. The zero-order valence-corrected chi connectivity index (χ0v) is 16.1. The molecule has 0 bridgehead atoms. The Balaban J connectivity index is 2.00. The molecule has 2 aromatic rings. The van der Waals surface area contributed by atoms with Gasteiger partial charge in [0.2, 0.25) is 10.0 Å². The van der Waals surface area contributed by atoms with Gasteiger partial charge in [0, 0.05) is 36.3 Å². The highest BCUT2D eigenvalue weighted by Crippen LogP contribution is 2.33. The van der Waals surface area contributed by atoms with Gasteiger partial charge < -0.3 is 5.32 Å². The first-order valence-electron chi connectivity index (χ1n) is 8.26. The van der Waals surface area contributed by atoms with Crippen LogP contribution in [0.3, 0.4) is 0 Å². The second kappa shape index (κ2) is 7.29. The quantitative estimate of drug-likeness (QED) is 0.593. The molecule has 26 heavy (non-hydrogen) atoms. The van der Waals surface area contributed by atoms with Gasteiger partial charge in [-0.1, -0.05) is 0 Å². The van der Waals surface area contributed by atoms with Crippen molar-refractivity contribution >= 4 is 32.7 Å². The minimum Gasteiger partial charge on any atom is -0.375 e.